The van der Waals surface area contributed by atoms with Gasteiger partial charge in [0.05, 0.1) is 18.4 Å². The van der Waals surface area contributed by atoms with Crippen molar-refractivity contribution >= 4 is 29.3 Å². The number of amides is 1. The molecular formula is C13H18ClNO2S. The lowest BCUT2D eigenvalue weighted by molar-refractivity contribution is -0.119. The van der Waals surface area contributed by atoms with Crippen LogP contribution in [0.2, 0.25) is 5.02 Å². The molecule has 1 aromatic rings. The van der Waals surface area contributed by atoms with Gasteiger partial charge in [0.15, 0.2) is 0 Å². The van der Waals surface area contributed by atoms with Gasteiger partial charge in [-0.2, -0.15) is 0 Å². The van der Waals surface area contributed by atoms with Crippen LogP contribution in [0, 0.1) is 5.92 Å². The average Bonchev–Trinajstić information content (AvgIpc) is 2.35. The topological polar surface area (TPSA) is 49.3 Å². The molecule has 5 heteroatoms. The van der Waals surface area contributed by atoms with Crippen LogP contribution in [0.25, 0.3) is 0 Å². The van der Waals surface area contributed by atoms with Gasteiger partial charge >= 0.3 is 0 Å². The number of rotatable bonds is 6. The molecule has 0 bridgehead atoms. The van der Waals surface area contributed by atoms with Crippen molar-refractivity contribution in [2.45, 2.75) is 24.8 Å². The third-order valence-electron chi connectivity index (χ3n) is 2.53. The highest BCUT2D eigenvalue weighted by molar-refractivity contribution is 8.00. The zero-order chi connectivity index (χ0) is 13.5. The van der Waals surface area contributed by atoms with Crippen LogP contribution in [0.5, 0.6) is 0 Å². The predicted octanol–water partition coefficient (Wildman–Crippen LogP) is 2.57. The van der Waals surface area contributed by atoms with Crippen molar-refractivity contribution in [3.8, 4) is 0 Å². The molecule has 1 rings (SSSR count). The fourth-order valence-corrected chi connectivity index (χ4v) is 2.19. The molecule has 0 saturated carbocycles. The summed E-state index contributed by atoms with van der Waals surface area (Å²) in [6.07, 6.45) is 0. The van der Waals surface area contributed by atoms with Crippen LogP contribution in [-0.2, 0) is 4.79 Å². The highest BCUT2D eigenvalue weighted by Gasteiger charge is 2.14. The monoisotopic (exact) mass is 287 g/mol. The van der Waals surface area contributed by atoms with Gasteiger partial charge in [-0.05, 0) is 30.2 Å². The number of carbonyl (C=O) groups is 1. The van der Waals surface area contributed by atoms with Crippen molar-refractivity contribution in [3.05, 3.63) is 29.3 Å². The molecule has 0 aliphatic heterocycles. The Balaban J connectivity index is 2.39. The first-order valence-corrected chi connectivity index (χ1v) is 7.18. The van der Waals surface area contributed by atoms with E-state index in [2.05, 4.69) is 5.32 Å². The molecule has 0 aliphatic carbocycles. The molecule has 0 radical (unpaired) electrons. The van der Waals surface area contributed by atoms with Gasteiger partial charge in [0.2, 0.25) is 5.91 Å². The highest BCUT2D eigenvalue weighted by atomic mass is 35.5. The van der Waals surface area contributed by atoms with Crippen molar-refractivity contribution in [1.82, 2.24) is 5.32 Å². The fraction of sp³-hybridized carbons (Fsp3) is 0.462. The second kappa shape index (κ2) is 7.67. The first-order chi connectivity index (χ1) is 8.52. The fourth-order valence-electron chi connectivity index (χ4n) is 1.35. The van der Waals surface area contributed by atoms with E-state index >= 15 is 0 Å². The van der Waals surface area contributed by atoms with Crippen LogP contribution in [0.4, 0.5) is 0 Å². The molecule has 18 heavy (non-hydrogen) atoms. The summed E-state index contributed by atoms with van der Waals surface area (Å²) in [5.41, 5.74) is 0. The molecule has 3 nitrogen and oxygen atoms in total. The molecule has 1 atom stereocenters. The quantitative estimate of drug-likeness (QED) is 0.791. The maximum Gasteiger partial charge on any atom is 0.230 e. The van der Waals surface area contributed by atoms with E-state index in [1.54, 1.807) is 12.1 Å². The van der Waals surface area contributed by atoms with E-state index in [-0.39, 0.29) is 24.5 Å². The summed E-state index contributed by atoms with van der Waals surface area (Å²) in [6, 6.07) is 7.18. The molecule has 0 spiro atoms. The lowest BCUT2D eigenvalue weighted by Crippen LogP contribution is -2.41. The number of aliphatic hydroxyl groups is 1. The molecular weight excluding hydrogens is 270 g/mol. The molecule has 0 heterocycles. The third-order valence-corrected chi connectivity index (χ3v) is 3.80. The first kappa shape index (κ1) is 15.3. The molecule has 100 valence electrons. The Morgan fingerprint density at radius 1 is 1.39 bits per heavy atom. The largest absolute Gasteiger partial charge is 0.394 e. The Labute approximate surface area is 117 Å². The Morgan fingerprint density at radius 2 is 2.00 bits per heavy atom. The minimum Gasteiger partial charge on any atom is -0.394 e. The standard InChI is InChI=1S/C13H18ClNO2S/c1-9(2)12(7-16)15-13(17)8-18-11-5-3-10(14)4-6-11/h3-6,9,12,16H,7-8H2,1-2H3,(H,15,17). The van der Waals surface area contributed by atoms with Crippen molar-refractivity contribution in [2.24, 2.45) is 5.92 Å². The van der Waals surface area contributed by atoms with Gasteiger partial charge < -0.3 is 10.4 Å². The zero-order valence-electron chi connectivity index (χ0n) is 10.5. The van der Waals surface area contributed by atoms with E-state index in [0.29, 0.717) is 10.8 Å². The Kier molecular flexibility index (Phi) is 6.54. The van der Waals surface area contributed by atoms with Crippen LogP contribution in [0.1, 0.15) is 13.8 Å². The van der Waals surface area contributed by atoms with Crippen molar-refractivity contribution in [1.29, 1.82) is 0 Å². The van der Waals surface area contributed by atoms with Crippen molar-refractivity contribution in [3.63, 3.8) is 0 Å². The summed E-state index contributed by atoms with van der Waals surface area (Å²) in [5, 5.41) is 12.6. The Bertz CT molecular complexity index is 381. The van der Waals surface area contributed by atoms with Gasteiger partial charge in [-0.15, -0.1) is 11.8 Å². The van der Waals surface area contributed by atoms with Gasteiger partial charge in [-0.25, -0.2) is 0 Å². The minimum absolute atomic E-state index is 0.0327. The lowest BCUT2D eigenvalue weighted by atomic mass is 10.1. The van der Waals surface area contributed by atoms with Crippen LogP contribution in [0.15, 0.2) is 29.2 Å². The Morgan fingerprint density at radius 3 is 2.50 bits per heavy atom. The normalized spacial score (nSPS) is 12.5. The van der Waals surface area contributed by atoms with Crippen LogP contribution < -0.4 is 5.32 Å². The van der Waals surface area contributed by atoms with Crippen molar-refractivity contribution in [2.75, 3.05) is 12.4 Å². The van der Waals surface area contributed by atoms with E-state index in [4.69, 9.17) is 16.7 Å². The van der Waals surface area contributed by atoms with Crippen LogP contribution in [-0.4, -0.2) is 29.4 Å². The third kappa shape index (κ3) is 5.29. The zero-order valence-corrected chi connectivity index (χ0v) is 12.1. The maximum atomic E-state index is 11.7. The van der Waals surface area contributed by atoms with E-state index in [9.17, 15) is 4.79 Å². The summed E-state index contributed by atoms with van der Waals surface area (Å²) in [4.78, 5) is 12.7. The van der Waals surface area contributed by atoms with Gasteiger partial charge in [0.1, 0.15) is 0 Å². The molecule has 2 N–H and O–H groups in total. The van der Waals surface area contributed by atoms with E-state index in [0.717, 1.165) is 4.90 Å². The first-order valence-electron chi connectivity index (χ1n) is 5.81. The highest BCUT2D eigenvalue weighted by Crippen LogP contribution is 2.20. The maximum absolute atomic E-state index is 11.7. The van der Waals surface area contributed by atoms with E-state index < -0.39 is 0 Å². The summed E-state index contributed by atoms with van der Waals surface area (Å²) in [7, 11) is 0. The Hall–Kier alpha value is -0.710. The number of nitrogens with one attached hydrogen (secondary N) is 1. The smallest absolute Gasteiger partial charge is 0.230 e. The number of benzene rings is 1. The second-order valence-corrected chi connectivity index (χ2v) is 5.83. The lowest BCUT2D eigenvalue weighted by Gasteiger charge is -2.19. The number of halogens is 1. The molecule has 0 saturated heterocycles. The van der Waals surface area contributed by atoms with E-state index in [1.807, 2.05) is 26.0 Å². The number of hydrogen-bond acceptors (Lipinski definition) is 3. The number of aliphatic hydroxyl groups excluding tert-OH is 1. The van der Waals surface area contributed by atoms with Gasteiger partial charge in [0, 0.05) is 9.92 Å². The number of carbonyl (C=O) groups excluding carboxylic acids is 1. The number of thioether (sulfide) groups is 1. The van der Waals surface area contributed by atoms with Crippen molar-refractivity contribution < 1.29 is 9.90 Å². The van der Waals surface area contributed by atoms with Gasteiger partial charge in [-0.3, -0.25) is 4.79 Å². The second-order valence-electron chi connectivity index (χ2n) is 4.34. The van der Waals surface area contributed by atoms with E-state index in [1.165, 1.54) is 11.8 Å². The number of hydrogen-bond donors (Lipinski definition) is 2. The summed E-state index contributed by atoms with van der Waals surface area (Å²) >= 11 is 7.23. The van der Waals surface area contributed by atoms with Gasteiger partial charge in [0.25, 0.3) is 0 Å². The molecule has 0 aromatic heterocycles. The van der Waals surface area contributed by atoms with Gasteiger partial charge in [-0.1, -0.05) is 25.4 Å². The molecule has 1 amide bonds. The molecule has 1 aromatic carbocycles. The van der Waals surface area contributed by atoms with Crippen LogP contribution >= 0.6 is 23.4 Å². The predicted molar refractivity (Wildman–Crippen MR) is 76.0 cm³/mol. The SMILES string of the molecule is CC(C)C(CO)NC(=O)CSc1ccc(Cl)cc1. The molecule has 0 fully saturated rings. The average molecular weight is 288 g/mol. The molecule has 0 aliphatic rings. The molecule has 1 unspecified atom stereocenters. The summed E-state index contributed by atoms with van der Waals surface area (Å²) in [5.74, 6) is 0.493. The summed E-state index contributed by atoms with van der Waals surface area (Å²) < 4.78 is 0. The van der Waals surface area contributed by atoms with Crippen LogP contribution in [0.3, 0.4) is 0 Å². The minimum atomic E-state index is -0.177. The summed E-state index contributed by atoms with van der Waals surface area (Å²) in [6.45, 7) is 3.90.